The summed E-state index contributed by atoms with van der Waals surface area (Å²) in [5.41, 5.74) is -0.644. The fourth-order valence-electron chi connectivity index (χ4n) is 2.80. The van der Waals surface area contributed by atoms with Crippen molar-refractivity contribution in [1.29, 1.82) is 0 Å². The highest BCUT2D eigenvalue weighted by atomic mass is 79.9. The van der Waals surface area contributed by atoms with Crippen LogP contribution in [-0.2, 0) is 4.79 Å². The van der Waals surface area contributed by atoms with Crippen LogP contribution in [0.5, 0.6) is 0 Å². The van der Waals surface area contributed by atoms with Gasteiger partial charge in [-0.15, -0.1) is 0 Å². The normalized spacial score (nSPS) is 26.0. The number of hydrogen-bond acceptors (Lipinski definition) is 2. The van der Waals surface area contributed by atoms with Crippen LogP contribution < -0.4 is 5.32 Å². The van der Waals surface area contributed by atoms with Gasteiger partial charge in [-0.3, -0.25) is 4.79 Å². The lowest BCUT2D eigenvalue weighted by Gasteiger charge is -2.37. The van der Waals surface area contributed by atoms with Crippen molar-refractivity contribution in [3.8, 4) is 0 Å². The Kier molecular flexibility index (Phi) is 4.48. The van der Waals surface area contributed by atoms with Gasteiger partial charge in [0.05, 0.1) is 0 Å². The van der Waals surface area contributed by atoms with Crippen molar-refractivity contribution in [2.45, 2.75) is 38.1 Å². The largest absolute Gasteiger partial charge is 0.480 e. The van der Waals surface area contributed by atoms with Crippen molar-refractivity contribution in [3.63, 3.8) is 0 Å². The second-order valence-corrected chi connectivity index (χ2v) is 6.47. The molecular weight excluding hydrogens is 322 g/mol. The molecule has 4 nitrogen and oxygen atoms in total. The number of aliphatic carboxylic acids is 1. The molecule has 1 aliphatic carbocycles. The fraction of sp³-hybridized carbons (Fsp3) is 0.467. The van der Waals surface area contributed by atoms with Crippen molar-refractivity contribution in [2.75, 3.05) is 0 Å². The molecule has 2 atom stereocenters. The lowest BCUT2D eigenvalue weighted by Crippen LogP contribution is -2.56. The van der Waals surface area contributed by atoms with E-state index in [0.717, 1.165) is 17.3 Å². The number of carboxylic acid groups (broad SMARTS) is 1. The lowest BCUT2D eigenvalue weighted by atomic mass is 9.76. The highest BCUT2D eigenvalue weighted by Crippen LogP contribution is 2.32. The van der Waals surface area contributed by atoms with E-state index in [9.17, 15) is 14.7 Å². The minimum absolute atomic E-state index is 0.310. The molecule has 0 radical (unpaired) electrons. The van der Waals surface area contributed by atoms with Crippen LogP contribution in [-0.4, -0.2) is 22.5 Å². The van der Waals surface area contributed by atoms with Crippen LogP contribution in [0.15, 0.2) is 28.7 Å². The van der Waals surface area contributed by atoms with Gasteiger partial charge in [0.1, 0.15) is 5.54 Å². The number of amides is 1. The lowest BCUT2D eigenvalue weighted by molar-refractivity contribution is -0.146. The number of hydrogen-bond donors (Lipinski definition) is 2. The molecule has 1 aromatic rings. The van der Waals surface area contributed by atoms with Gasteiger partial charge < -0.3 is 10.4 Å². The minimum Gasteiger partial charge on any atom is -0.480 e. The third-order valence-corrected chi connectivity index (χ3v) is 4.39. The summed E-state index contributed by atoms with van der Waals surface area (Å²) in [6.45, 7) is 2.03. The van der Waals surface area contributed by atoms with Gasteiger partial charge in [0.2, 0.25) is 0 Å². The van der Waals surface area contributed by atoms with Gasteiger partial charge in [0.25, 0.3) is 5.91 Å². The molecule has 1 aliphatic rings. The number of halogens is 1. The molecule has 2 unspecified atom stereocenters. The monoisotopic (exact) mass is 339 g/mol. The Labute approximate surface area is 126 Å². The summed E-state index contributed by atoms with van der Waals surface area (Å²) in [4.78, 5) is 23.9. The Morgan fingerprint density at radius 1 is 1.35 bits per heavy atom. The van der Waals surface area contributed by atoms with E-state index in [1.54, 1.807) is 24.3 Å². The highest BCUT2D eigenvalue weighted by molar-refractivity contribution is 9.10. The van der Waals surface area contributed by atoms with Gasteiger partial charge in [-0.05, 0) is 43.0 Å². The first-order valence-corrected chi connectivity index (χ1v) is 7.54. The maximum Gasteiger partial charge on any atom is 0.329 e. The predicted octanol–water partition coefficient (Wildman–Crippen LogP) is 3.21. The molecule has 2 N–H and O–H groups in total. The summed E-state index contributed by atoms with van der Waals surface area (Å²) < 4.78 is 0.883. The Hall–Kier alpha value is -1.36. The molecule has 0 bridgehead atoms. The van der Waals surface area contributed by atoms with Crippen LogP contribution in [0, 0.1) is 5.92 Å². The second kappa shape index (κ2) is 5.95. The van der Waals surface area contributed by atoms with Gasteiger partial charge in [-0.1, -0.05) is 35.7 Å². The maximum atomic E-state index is 12.3. The van der Waals surface area contributed by atoms with Gasteiger partial charge in [0.15, 0.2) is 0 Å². The quantitative estimate of drug-likeness (QED) is 0.888. The molecule has 20 heavy (non-hydrogen) atoms. The van der Waals surface area contributed by atoms with Crippen molar-refractivity contribution < 1.29 is 14.7 Å². The molecule has 1 aromatic carbocycles. The van der Waals surface area contributed by atoms with E-state index in [1.165, 1.54) is 0 Å². The standard InChI is InChI=1S/C15H18BrNO3/c1-10-3-2-8-15(9-10,14(19)20)17-13(18)11-4-6-12(16)7-5-11/h4-7,10H,2-3,8-9H2,1H3,(H,17,18)(H,19,20). The van der Waals surface area contributed by atoms with Gasteiger partial charge in [-0.25, -0.2) is 4.79 Å². The average Bonchev–Trinajstić information content (AvgIpc) is 2.39. The molecule has 2 rings (SSSR count). The fourth-order valence-corrected chi connectivity index (χ4v) is 3.07. The molecule has 0 saturated heterocycles. The smallest absolute Gasteiger partial charge is 0.329 e. The Bertz CT molecular complexity index is 514. The molecule has 1 amide bonds. The summed E-state index contributed by atoms with van der Waals surface area (Å²) >= 11 is 3.31. The molecule has 1 fully saturated rings. The van der Waals surface area contributed by atoms with Gasteiger partial charge in [-0.2, -0.15) is 0 Å². The van der Waals surface area contributed by atoms with Crippen LogP contribution in [0.3, 0.4) is 0 Å². The SMILES string of the molecule is CC1CCCC(NC(=O)c2ccc(Br)cc2)(C(=O)O)C1. The number of rotatable bonds is 3. The van der Waals surface area contributed by atoms with E-state index in [0.29, 0.717) is 24.3 Å². The van der Waals surface area contributed by atoms with Gasteiger partial charge >= 0.3 is 5.97 Å². The van der Waals surface area contributed by atoms with E-state index in [-0.39, 0.29) is 5.91 Å². The summed E-state index contributed by atoms with van der Waals surface area (Å²) in [5.74, 6) is -0.950. The number of carbonyl (C=O) groups excluding carboxylic acids is 1. The van der Waals surface area contributed by atoms with E-state index < -0.39 is 11.5 Å². The second-order valence-electron chi connectivity index (χ2n) is 5.55. The van der Waals surface area contributed by atoms with E-state index in [1.807, 2.05) is 6.92 Å². The number of carbonyl (C=O) groups is 2. The van der Waals surface area contributed by atoms with Crippen LogP contribution in [0.4, 0.5) is 0 Å². The highest BCUT2D eigenvalue weighted by Gasteiger charge is 2.43. The average molecular weight is 340 g/mol. The predicted molar refractivity (Wildman–Crippen MR) is 79.6 cm³/mol. The zero-order chi connectivity index (χ0) is 14.8. The first-order valence-electron chi connectivity index (χ1n) is 6.74. The molecule has 1 saturated carbocycles. The molecule has 0 aromatic heterocycles. The van der Waals surface area contributed by atoms with Gasteiger partial charge in [0, 0.05) is 10.0 Å². The Balaban J connectivity index is 2.18. The number of carboxylic acids is 1. The zero-order valence-electron chi connectivity index (χ0n) is 11.4. The van der Waals surface area contributed by atoms with Crippen molar-refractivity contribution in [1.82, 2.24) is 5.32 Å². The summed E-state index contributed by atoms with van der Waals surface area (Å²) in [6, 6.07) is 6.90. The van der Waals surface area contributed by atoms with Crippen molar-refractivity contribution >= 4 is 27.8 Å². The van der Waals surface area contributed by atoms with Crippen LogP contribution in [0.25, 0.3) is 0 Å². The number of nitrogens with one attached hydrogen (secondary N) is 1. The van der Waals surface area contributed by atoms with E-state index >= 15 is 0 Å². The maximum absolute atomic E-state index is 12.3. The summed E-state index contributed by atoms with van der Waals surface area (Å²) in [5, 5.41) is 12.3. The zero-order valence-corrected chi connectivity index (χ0v) is 12.9. The molecule has 108 valence electrons. The van der Waals surface area contributed by atoms with Crippen molar-refractivity contribution in [3.05, 3.63) is 34.3 Å². The molecule has 0 spiro atoms. The van der Waals surface area contributed by atoms with Crippen LogP contribution in [0.1, 0.15) is 43.0 Å². The summed E-state index contributed by atoms with van der Waals surface area (Å²) in [6.07, 6.45) is 2.83. The molecular formula is C15H18BrNO3. The van der Waals surface area contributed by atoms with Crippen LogP contribution >= 0.6 is 15.9 Å². The third kappa shape index (κ3) is 3.20. The minimum atomic E-state index is -1.12. The molecule has 0 aliphatic heterocycles. The Morgan fingerprint density at radius 2 is 2.00 bits per heavy atom. The summed E-state index contributed by atoms with van der Waals surface area (Å²) in [7, 11) is 0. The molecule has 5 heteroatoms. The molecule has 0 heterocycles. The first kappa shape index (κ1) is 15.0. The first-order chi connectivity index (χ1) is 9.43. The van der Waals surface area contributed by atoms with Crippen molar-refractivity contribution in [2.24, 2.45) is 5.92 Å². The number of benzene rings is 1. The van der Waals surface area contributed by atoms with E-state index in [4.69, 9.17) is 0 Å². The Morgan fingerprint density at radius 3 is 2.55 bits per heavy atom. The topological polar surface area (TPSA) is 66.4 Å². The third-order valence-electron chi connectivity index (χ3n) is 3.87. The van der Waals surface area contributed by atoms with E-state index in [2.05, 4.69) is 21.2 Å². The van der Waals surface area contributed by atoms with Crippen LogP contribution in [0.2, 0.25) is 0 Å².